The highest BCUT2D eigenvalue weighted by molar-refractivity contribution is 7.80. The lowest BCUT2D eigenvalue weighted by atomic mass is 10.1. The molecule has 1 aromatic carbocycles. The van der Waals surface area contributed by atoms with E-state index in [0.29, 0.717) is 18.3 Å². The molecule has 0 aromatic heterocycles. The van der Waals surface area contributed by atoms with Crippen LogP contribution < -0.4 is 10.6 Å². The maximum atomic E-state index is 11.2. The first kappa shape index (κ1) is 17.1. The number of ether oxygens (including phenoxy) is 4. The van der Waals surface area contributed by atoms with Crippen molar-refractivity contribution in [2.45, 2.75) is 24.4 Å². The molecule has 0 radical (unpaired) electrons. The van der Waals surface area contributed by atoms with E-state index in [4.69, 9.17) is 26.4 Å². The summed E-state index contributed by atoms with van der Waals surface area (Å²) in [7, 11) is 1.33. The summed E-state index contributed by atoms with van der Waals surface area (Å²) in [5, 5.41) is 6.85. The van der Waals surface area contributed by atoms with Crippen molar-refractivity contribution in [1.29, 1.82) is 0 Å². The number of hydrogen-bond donors (Lipinski definition) is 2. The van der Waals surface area contributed by atoms with E-state index in [2.05, 4.69) is 15.4 Å². The number of anilines is 1. The van der Waals surface area contributed by atoms with Crippen LogP contribution in [0.25, 0.3) is 0 Å². The lowest BCUT2D eigenvalue weighted by molar-refractivity contribution is -0.150. The molecule has 8 heteroatoms. The molecule has 2 N–H and O–H groups in total. The minimum Gasteiger partial charge on any atom is -0.467 e. The third kappa shape index (κ3) is 4.02. The fraction of sp³-hybridized carbons (Fsp3) is 0.500. The van der Waals surface area contributed by atoms with Gasteiger partial charge in [-0.25, -0.2) is 4.79 Å². The van der Waals surface area contributed by atoms with E-state index < -0.39 is 5.97 Å². The average Bonchev–Trinajstić information content (AvgIpc) is 3.16. The predicted octanol–water partition coefficient (Wildman–Crippen LogP) is 0.697. The molecule has 4 atom stereocenters. The monoisotopic (exact) mass is 352 g/mol. The summed E-state index contributed by atoms with van der Waals surface area (Å²) in [4.78, 5) is 11.2. The molecule has 0 aliphatic carbocycles. The molecule has 2 fully saturated rings. The fourth-order valence-electron chi connectivity index (χ4n) is 2.82. The van der Waals surface area contributed by atoms with Crippen LogP contribution in [-0.2, 0) is 23.7 Å². The predicted molar refractivity (Wildman–Crippen MR) is 90.8 cm³/mol. The Kier molecular flexibility index (Phi) is 5.62. The molecule has 0 spiro atoms. The van der Waals surface area contributed by atoms with E-state index >= 15 is 0 Å². The molecule has 2 heterocycles. The van der Waals surface area contributed by atoms with Gasteiger partial charge in [0.2, 0.25) is 0 Å². The first-order valence-corrected chi connectivity index (χ1v) is 8.12. The van der Waals surface area contributed by atoms with Gasteiger partial charge in [0, 0.05) is 5.69 Å². The van der Waals surface area contributed by atoms with Crippen molar-refractivity contribution in [3.05, 3.63) is 30.3 Å². The van der Waals surface area contributed by atoms with Gasteiger partial charge >= 0.3 is 5.97 Å². The second-order valence-electron chi connectivity index (χ2n) is 5.59. The van der Waals surface area contributed by atoms with Crippen molar-refractivity contribution in [1.82, 2.24) is 5.32 Å². The number of hydrogen-bond acceptors (Lipinski definition) is 6. The minimum absolute atomic E-state index is 0.0644. The molecule has 2 aliphatic heterocycles. The number of rotatable bonds is 5. The summed E-state index contributed by atoms with van der Waals surface area (Å²) >= 11 is 5.34. The molecule has 0 amide bonds. The zero-order chi connectivity index (χ0) is 16.9. The summed E-state index contributed by atoms with van der Waals surface area (Å²) in [6.07, 6.45) is -0.661. The smallest absolute Gasteiger partial charge is 0.331 e. The van der Waals surface area contributed by atoms with Gasteiger partial charge in [-0.2, -0.15) is 0 Å². The Morgan fingerprint density at radius 3 is 2.75 bits per heavy atom. The van der Waals surface area contributed by atoms with Gasteiger partial charge in [0.25, 0.3) is 0 Å². The van der Waals surface area contributed by atoms with Gasteiger partial charge in [0.1, 0.15) is 24.9 Å². The molecule has 3 rings (SSSR count). The zero-order valence-corrected chi connectivity index (χ0v) is 14.1. The number of methoxy groups -OCH3 is 1. The van der Waals surface area contributed by atoms with Crippen molar-refractivity contribution in [2.75, 3.05) is 32.2 Å². The number of fused-ring (bicyclic) bond motifs is 1. The van der Waals surface area contributed by atoms with Gasteiger partial charge in [-0.05, 0) is 24.4 Å². The molecular weight excluding hydrogens is 332 g/mol. The molecular formula is C16H20N2O5S. The van der Waals surface area contributed by atoms with Gasteiger partial charge in [-0.3, -0.25) is 0 Å². The van der Waals surface area contributed by atoms with Crippen LogP contribution in [0.5, 0.6) is 0 Å². The Morgan fingerprint density at radius 1 is 1.25 bits per heavy atom. The lowest BCUT2D eigenvalue weighted by Gasteiger charge is -2.19. The number of carbonyl (C=O) groups is 1. The van der Waals surface area contributed by atoms with E-state index in [0.717, 1.165) is 5.69 Å². The first-order valence-electron chi connectivity index (χ1n) is 7.71. The number of carbonyl (C=O) groups excluding carboxylic acids is 1. The Bertz CT molecular complexity index is 585. The molecule has 1 aromatic rings. The van der Waals surface area contributed by atoms with Crippen LogP contribution in [0.3, 0.4) is 0 Å². The van der Waals surface area contributed by atoms with Gasteiger partial charge in [-0.15, -0.1) is 0 Å². The highest BCUT2D eigenvalue weighted by atomic mass is 32.1. The molecule has 130 valence electrons. The van der Waals surface area contributed by atoms with Gasteiger partial charge in [-0.1, -0.05) is 18.2 Å². The number of benzene rings is 1. The van der Waals surface area contributed by atoms with Crippen LogP contribution in [-0.4, -0.2) is 62.4 Å². The van der Waals surface area contributed by atoms with Gasteiger partial charge < -0.3 is 29.6 Å². The van der Waals surface area contributed by atoms with Gasteiger partial charge in [0.15, 0.2) is 5.11 Å². The molecule has 7 nitrogen and oxygen atoms in total. The normalized spacial score (nSPS) is 28.2. The topological polar surface area (TPSA) is 78.1 Å². The zero-order valence-electron chi connectivity index (χ0n) is 13.3. The van der Waals surface area contributed by atoms with Crippen LogP contribution in [0.1, 0.15) is 0 Å². The number of thiocarbonyl (C=S) groups is 1. The molecule has 24 heavy (non-hydrogen) atoms. The van der Waals surface area contributed by atoms with Crippen molar-refractivity contribution in [2.24, 2.45) is 0 Å². The van der Waals surface area contributed by atoms with Gasteiger partial charge in [0.05, 0.1) is 26.4 Å². The Labute approximate surface area is 145 Å². The van der Waals surface area contributed by atoms with Crippen LogP contribution in [0.15, 0.2) is 30.3 Å². The maximum absolute atomic E-state index is 11.2. The Morgan fingerprint density at radius 2 is 2.00 bits per heavy atom. The second-order valence-corrected chi connectivity index (χ2v) is 6.00. The Balaban J connectivity index is 1.49. The Hall–Kier alpha value is -1.74. The molecule has 0 saturated carbocycles. The van der Waals surface area contributed by atoms with Crippen molar-refractivity contribution < 1.29 is 23.7 Å². The standard InChI is InChI=1S/C16H20N2O5S/c1-20-13(19)9-21-12-8-23-14-11(7-22-15(12)14)18-16(24)17-10-5-3-2-4-6-10/h2-6,11-12,14-15H,7-9H2,1H3,(H2,17,18,24)/t11-,12+,14+,15+/m0/s1. The molecule has 2 aliphatic rings. The van der Waals surface area contributed by atoms with E-state index in [1.807, 2.05) is 30.3 Å². The quantitative estimate of drug-likeness (QED) is 0.592. The van der Waals surface area contributed by atoms with Crippen molar-refractivity contribution in [3.8, 4) is 0 Å². The lowest BCUT2D eigenvalue weighted by Crippen LogP contribution is -2.46. The average molecular weight is 352 g/mol. The van der Waals surface area contributed by atoms with E-state index in [-0.39, 0.29) is 31.0 Å². The summed E-state index contributed by atoms with van der Waals surface area (Å²) < 4.78 is 21.6. The third-order valence-electron chi connectivity index (χ3n) is 4.00. The fourth-order valence-corrected chi connectivity index (χ4v) is 3.09. The van der Waals surface area contributed by atoms with Crippen LogP contribution in [0, 0.1) is 0 Å². The third-order valence-corrected chi connectivity index (χ3v) is 4.22. The number of esters is 1. The second kappa shape index (κ2) is 7.89. The highest BCUT2D eigenvalue weighted by Gasteiger charge is 2.48. The van der Waals surface area contributed by atoms with Crippen molar-refractivity contribution in [3.63, 3.8) is 0 Å². The SMILES string of the molecule is COC(=O)CO[C@@H]1CO[C@H]2[C@@H]1OC[C@@H]2NC(=S)Nc1ccccc1. The molecule has 0 unspecified atom stereocenters. The van der Waals surface area contributed by atoms with E-state index in [9.17, 15) is 4.79 Å². The van der Waals surface area contributed by atoms with E-state index in [1.54, 1.807) is 0 Å². The summed E-state index contributed by atoms with van der Waals surface area (Å²) in [5.74, 6) is -0.417. The number of para-hydroxylation sites is 1. The van der Waals surface area contributed by atoms with Crippen LogP contribution in [0.4, 0.5) is 5.69 Å². The summed E-state index contributed by atoms with van der Waals surface area (Å²) in [6, 6.07) is 9.62. The molecule has 2 saturated heterocycles. The highest BCUT2D eigenvalue weighted by Crippen LogP contribution is 2.29. The maximum Gasteiger partial charge on any atom is 0.331 e. The molecule has 0 bridgehead atoms. The first-order chi connectivity index (χ1) is 11.7. The largest absolute Gasteiger partial charge is 0.467 e. The summed E-state index contributed by atoms with van der Waals surface area (Å²) in [5.41, 5.74) is 0.914. The van der Waals surface area contributed by atoms with Crippen LogP contribution in [0.2, 0.25) is 0 Å². The minimum atomic E-state index is -0.417. The van der Waals surface area contributed by atoms with E-state index in [1.165, 1.54) is 7.11 Å². The van der Waals surface area contributed by atoms with Crippen molar-refractivity contribution >= 4 is 29.0 Å². The summed E-state index contributed by atoms with van der Waals surface area (Å²) in [6.45, 7) is 0.733. The number of nitrogens with one attached hydrogen (secondary N) is 2. The van der Waals surface area contributed by atoms with Crippen LogP contribution >= 0.6 is 12.2 Å².